The number of hydrogen-bond acceptors (Lipinski definition) is 4. The summed E-state index contributed by atoms with van der Waals surface area (Å²) in [5, 5.41) is 8.66. The minimum Gasteiger partial charge on any atom is -0.471 e. The third-order valence-corrected chi connectivity index (χ3v) is 4.54. The van der Waals surface area contributed by atoms with Gasteiger partial charge in [0, 0.05) is 26.0 Å². The van der Waals surface area contributed by atoms with Crippen LogP contribution in [0.1, 0.15) is 23.1 Å². The van der Waals surface area contributed by atoms with Crippen LogP contribution in [-0.4, -0.2) is 37.4 Å². The molecule has 0 aliphatic heterocycles. The van der Waals surface area contributed by atoms with Gasteiger partial charge in [0.05, 0.1) is 16.7 Å². The molecule has 9 heteroatoms. The van der Waals surface area contributed by atoms with E-state index in [1.54, 1.807) is 28.9 Å². The molecule has 0 atom stereocenters. The maximum Gasteiger partial charge on any atom is 0.274 e. The number of rotatable bonds is 7. The van der Waals surface area contributed by atoms with Crippen molar-refractivity contribution in [3.63, 3.8) is 0 Å². The lowest BCUT2D eigenvalue weighted by molar-refractivity contribution is 0.0775. The van der Waals surface area contributed by atoms with Gasteiger partial charge in [-0.15, -0.1) is 0 Å². The van der Waals surface area contributed by atoms with Crippen molar-refractivity contribution in [2.45, 2.75) is 26.7 Å². The van der Waals surface area contributed by atoms with Gasteiger partial charge in [-0.1, -0.05) is 0 Å². The third-order valence-electron chi connectivity index (χ3n) is 3.88. The van der Waals surface area contributed by atoms with E-state index in [9.17, 15) is 9.18 Å². The first-order chi connectivity index (χ1) is 13.0. The minimum absolute atomic E-state index is 0.120. The first-order valence-electron chi connectivity index (χ1n) is 8.35. The molecule has 0 aliphatic carbocycles. The lowest BCUT2D eigenvalue weighted by Gasteiger charge is -2.14. The van der Waals surface area contributed by atoms with Gasteiger partial charge in [-0.2, -0.15) is 10.2 Å². The second-order valence-electron chi connectivity index (χ2n) is 5.91. The van der Waals surface area contributed by atoms with E-state index < -0.39 is 0 Å². The molecule has 0 unspecified atom stereocenters. The number of carbonyl (C=O) groups excluding carboxylic acids is 1. The standard InChI is InChI=1S/C18H19BrFN5O2/c1-3-24-10-15(19)17(22-24)11-23(2)18(26)16-8-9-25(21-16)12-27-14-6-4-13(20)5-7-14/h4-10H,3,11-12H2,1-2H3. The van der Waals surface area contributed by atoms with Crippen LogP contribution >= 0.6 is 15.9 Å². The number of benzene rings is 1. The van der Waals surface area contributed by atoms with Crippen molar-refractivity contribution in [2.24, 2.45) is 0 Å². The maximum absolute atomic E-state index is 12.9. The van der Waals surface area contributed by atoms with Crippen LogP contribution in [0, 0.1) is 5.82 Å². The number of aromatic nitrogens is 4. The zero-order chi connectivity index (χ0) is 19.4. The first kappa shape index (κ1) is 19.1. The fourth-order valence-corrected chi connectivity index (χ4v) is 2.86. The number of ether oxygens (including phenoxy) is 1. The van der Waals surface area contributed by atoms with Crippen molar-refractivity contribution in [1.82, 2.24) is 24.5 Å². The zero-order valence-corrected chi connectivity index (χ0v) is 16.6. The molecule has 0 N–H and O–H groups in total. The Hall–Kier alpha value is -2.68. The molecule has 1 amide bonds. The van der Waals surface area contributed by atoms with Crippen LogP contribution < -0.4 is 4.74 Å². The summed E-state index contributed by atoms with van der Waals surface area (Å²) in [6.07, 6.45) is 3.54. The third kappa shape index (κ3) is 4.73. The van der Waals surface area contributed by atoms with E-state index in [1.807, 2.05) is 13.1 Å². The van der Waals surface area contributed by atoms with E-state index in [2.05, 4.69) is 26.1 Å². The molecule has 142 valence electrons. The Kier molecular flexibility index (Phi) is 5.90. The molecule has 0 bridgehead atoms. The zero-order valence-electron chi connectivity index (χ0n) is 15.0. The molecule has 0 spiro atoms. The highest BCUT2D eigenvalue weighted by Crippen LogP contribution is 2.17. The predicted octanol–water partition coefficient (Wildman–Crippen LogP) is 3.31. The average Bonchev–Trinajstić information content (AvgIpc) is 3.27. The van der Waals surface area contributed by atoms with E-state index in [0.717, 1.165) is 16.7 Å². The van der Waals surface area contributed by atoms with Crippen molar-refractivity contribution < 1.29 is 13.9 Å². The van der Waals surface area contributed by atoms with Gasteiger partial charge in [0.25, 0.3) is 5.91 Å². The Labute approximate surface area is 164 Å². The van der Waals surface area contributed by atoms with Crippen molar-refractivity contribution >= 4 is 21.8 Å². The number of halogens is 2. The average molecular weight is 436 g/mol. The first-order valence-corrected chi connectivity index (χ1v) is 9.14. The van der Waals surface area contributed by atoms with Gasteiger partial charge >= 0.3 is 0 Å². The Morgan fingerprint density at radius 3 is 2.63 bits per heavy atom. The number of amides is 1. The quantitative estimate of drug-likeness (QED) is 0.570. The van der Waals surface area contributed by atoms with Gasteiger partial charge in [-0.25, -0.2) is 9.07 Å². The van der Waals surface area contributed by atoms with Crippen LogP contribution in [0.2, 0.25) is 0 Å². The van der Waals surface area contributed by atoms with Crippen LogP contribution in [0.15, 0.2) is 47.2 Å². The fraction of sp³-hybridized carbons (Fsp3) is 0.278. The van der Waals surface area contributed by atoms with Crippen LogP contribution in [0.3, 0.4) is 0 Å². The summed E-state index contributed by atoms with van der Waals surface area (Å²) in [4.78, 5) is 14.1. The Bertz CT molecular complexity index is 922. The van der Waals surface area contributed by atoms with Crippen molar-refractivity contribution in [3.8, 4) is 5.75 Å². The molecule has 7 nitrogen and oxygen atoms in total. The summed E-state index contributed by atoms with van der Waals surface area (Å²) in [7, 11) is 1.70. The summed E-state index contributed by atoms with van der Waals surface area (Å²) < 4.78 is 22.6. The van der Waals surface area contributed by atoms with Gasteiger partial charge in [-0.3, -0.25) is 9.48 Å². The molecule has 1 aromatic carbocycles. The van der Waals surface area contributed by atoms with E-state index in [4.69, 9.17) is 4.74 Å². The van der Waals surface area contributed by atoms with Crippen molar-refractivity contribution in [1.29, 1.82) is 0 Å². The summed E-state index contributed by atoms with van der Waals surface area (Å²) in [5.41, 5.74) is 1.10. The molecule has 0 saturated heterocycles. The molecule has 2 aromatic heterocycles. The van der Waals surface area contributed by atoms with E-state index in [1.165, 1.54) is 28.9 Å². The lowest BCUT2D eigenvalue weighted by atomic mass is 10.3. The molecule has 27 heavy (non-hydrogen) atoms. The highest BCUT2D eigenvalue weighted by atomic mass is 79.9. The highest BCUT2D eigenvalue weighted by molar-refractivity contribution is 9.10. The number of nitrogens with zero attached hydrogens (tertiary/aromatic N) is 5. The maximum atomic E-state index is 12.9. The topological polar surface area (TPSA) is 65.2 Å². The summed E-state index contributed by atoms with van der Waals surface area (Å²) in [6.45, 7) is 3.24. The Morgan fingerprint density at radius 1 is 1.22 bits per heavy atom. The normalized spacial score (nSPS) is 10.8. The molecule has 2 heterocycles. The number of carbonyl (C=O) groups is 1. The SMILES string of the molecule is CCn1cc(Br)c(CN(C)C(=O)c2ccn(COc3ccc(F)cc3)n2)n1. The van der Waals surface area contributed by atoms with Gasteiger partial charge in [-0.05, 0) is 53.2 Å². The molecule has 0 aliphatic rings. The highest BCUT2D eigenvalue weighted by Gasteiger charge is 2.18. The number of hydrogen-bond donors (Lipinski definition) is 0. The van der Waals surface area contributed by atoms with Gasteiger partial charge in [0.1, 0.15) is 11.6 Å². The lowest BCUT2D eigenvalue weighted by Crippen LogP contribution is -2.27. The molecule has 3 rings (SSSR count). The smallest absolute Gasteiger partial charge is 0.274 e. The molecular weight excluding hydrogens is 417 g/mol. The van der Waals surface area contributed by atoms with Gasteiger partial charge in [0.15, 0.2) is 12.4 Å². The summed E-state index contributed by atoms with van der Waals surface area (Å²) in [5.74, 6) is -0.0190. The summed E-state index contributed by atoms with van der Waals surface area (Å²) in [6, 6.07) is 7.34. The predicted molar refractivity (Wildman–Crippen MR) is 101 cm³/mol. The minimum atomic E-state index is -0.326. The molecule has 0 radical (unpaired) electrons. The molecule has 3 aromatic rings. The summed E-state index contributed by atoms with van der Waals surface area (Å²) >= 11 is 3.46. The van der Waals surface area contributed by atoms with Gasteiger partial charge < -0.3 is 9.64 Å². The van der Waals surface area contributed by atoms with Gasteiger partial charge in [0.2, 0.25) is 0 Å². The van der Waals surface area contributed by atoms with E-state index in [0.29, 0.717) is 18.0 Å². The van der Waals surface area contributed by atoms with Crippen LogP contribution in [-0.2, 0) is 19.8 Å². The second-order valence-corrected chi connectivity index (χ2v) is 6.76. The van der Waals surface area contributed by atoms with E-state index in [-0.39, 0.29) is 18.5 Å². The largest absolute Gasteiger partial charge is 0.471 e. The second kappa shape index (κ2) is 8.34. The molecular formula is C18H19BrFN5O2. The van der Waals surface area contributed by atoms with Crippen LogP contribution in [0.5, 0.6) is 5.75 Å². The van der Waals surface area contributed by atoms with E-state index >= 15 is 0 Å². The van der Waals surface area contributed by atoms with Crippen molar-refractivity contribution in [3.05, 3.63) is 64.4 Å². The van der Waals surface area contributed by atoms with Crippen molar-refractivity contribution in [2.75, 3.05) is 7.05 Å². The Balaban J connectivity index is 1.59. The fourth-order valence-electron chi connectivity index (χ4n) is 2.42. The molecule has 0 saturated carbocycles. The number of aryl methyl sites for hydroxylation is 1. The van der Waals surface area contributed by atoms with Crippen LogP contribution in [0.4, 0.5) is 4.39 Å². The Morgan fingerprint density at radius 2 is 1.96 bits per heavy atom. The van der Waals surface area contributed by atoms with Crippen LogP contribution in [0.25, 0.3) is 0 Å². The monoisotopic (exact) mass is 435 g/mol. The molecule has 0 fully saturated rings.